The Morgan fingerprint density at radius 3 is 2.61 bits per heavy atom. The van der Waals surface area contributed by atoms with Crippen LogP contribution in [0, 0.1) is 0 Å². The highest BCUT2D eigenvalue weighted by Crippen LogP contribution is 2.23. The van der Waals surface area contributed by atoms with E-state index in [2.05, 4.69) is 59.3 Å². The largest absolute Gasteiger partial charge is 0.461 e. The van der Waals surface area contributed by atoms with Crippen molar-refractivity contribution in [1.82, 2.24) is 24.5 Å². The molecule has 1 aromatic carbocycles. The lowest BCUT2D eigenvalue weighted by Gasteiger charge is -2.36. The Hall–Kier alpha value is -3.39. The molecule has 172 valence electrons. The fourth-order valence-electron chi connectivity index (χ4n) is 4.41. The van der Waals surface area contributed by atoms with Gasteiger partial charge in [0.15, 0.2) is 11.4 Å². The number of fused-ring (bicyclic) bond motifs is 1. The minimum Gasteiger partial charge on any atom is -0.461 e. The number of anilines is 2. The Bertz CT molecular complexity index is 1160. The number of nitrogens with one attached hydrogen (secondary N) is 1. The number of hydrogen-bond donors (Lipinski definition) is 1. The van der Waals surface area contributed by atoms with E-state index in [0.29, 0.717) is 23.6 Å². The summed E-state index contributed by atoms with van der Waals surface area (Å²) >= 11 is 0. The second kappa shape index (κ2) is 9.62. The van der Waals surface area contributed by atoms with Crippen molar-refractivity contribution < 1.29 is 4.42 Å². The average Bonchev–Trinajstić information content (AvgIpc) is 3.52. The van der Waals surface area contributed by atoms with Crippen LogP contribution >= 0.6 is 0 Å². The third-order valence-electron chi connectivity index (χ3n) is 6.16. The van der Waals surface area contributed by atoms with E-state index in [-0.39, 0.29) is 0 Å². The Balaban J connectivity index is 1.37. The van der Waals surface area contributed by atoms with Gasteiger partial charge in [-0.25, -0.2) is 9.97 Å². The van der Waals surface area contributed by atoms with Crippen LogP contribution < -0.4 is 10.2 Å². The second-order valence-electron chi connectivity index (χ2n) is 8.69. The topological polar surface area (TPSA) is 74.7 Å². The zero-order chi connectivity index (χ0) is 22.6. The molecule has 1 aliphatic rings. The average molecular weight is 446 g/mol. The number of piperazine rings is 1. The highest BCUT2D eigenvalue weighted by atomic mass is 16.3. The van der Waals surface area contributed by atoms with Crippen LogP contribution in [0.3, 0.4) is 0 Å². The third kappa shape index (κ3) is 4.71. The van der Waals surface area contributed by atoms with Gasteiger partial charge >= 0.3 is 0 Å². The van der Waals surface area contributed by atoms with Crippen LogP contribution in [0.5, 0.6) is 0 Å². The Kier molecular flexibility index (Phi) is 6.26. The fraction of sp³-hybridized carbons (Fsp3) is 0.400. The van der Waals surface area contributed by atoms with Gasteiger partial charge in [0.25, 0.3) is 0 Å². The Morgan fingerprint density at radius 2 is 1.88 bits per heavy atom. The summed E-state index contributed by atoms with van der Waals surface area (Å²) in [6.45, 7) is 9.15. The predicted molar refractivity (Wildman–Crippen MR) is 130 cm³/mol. The predicted octanol–water partition coefficient (Wildman–Crippen LogP) is 4.31. The molecule has 1 N–H and O–H groups in total. The van der Waals surface area contributed by atoms with Gasteiger partial charge in [-0.1, -0.05) is 31.5 Å². The van der Waals surface area contributed by atoms with E-state index in [1.165, 1.54) is 5.69 Å². The molecule has 4 aromatic rings. The van der Waals surface area contributed by atoms with Crippen LogP contribution in [-0.2, 0) is 6.54 Å². The summed E-state index contributed by atoms with van der Waals surface area (Å²) in [5.74, 6) is 1.96. The highest BCUT2D eigenvalue weighted by molar-refractivity contribution is 5.58. The Morgan fingerprint density at radius 1 is 1.06 bits per heavy atom. The molecule has 0 spiro atoms. The summed E-state index contributed by atoms with van der Waals surface area (Å²) in [4.78, 5) is 14.5. The number of rotatable bonds is 8. The van der Waals surface area contributed by atoms with Crippen molar-refractivity contribution in [1.29, 1.82) is 0 Å². The summed E-state index contributed by atoms with van der Waals surface area (Å²) < 4.78 is 7.39. The number of furan rings is 1. The molecule has 33 heavy (non-hydrogen) atoms. The first-order valence-electron chi connectivity index (χ1n) is 11.8. The molecule has 1 saturated heterocycles. The van der Waals surface area contributed by atoms with Crippen molar-refractivity contribution in [3.05, 3.63) is 60.5 Å². The lowest BCUT2D eigenvalue weighted by Crippen LogP contribution is -2.46. The molecule has 0 amide bonds. The molecule has 1 atom stereocenters. The van der Waals surface area contributed by atoms with E-state index in [9.17, 15) is 0 Å². The molecule has 4 heterocycles. The van der Waals surface area contributed by atoms with Gasteiger partial charge in [-0.3, -0.25) is 4.90 Å². The maximum absolute atomic E-state index is 5.56. The van der Waals surface area contributed by atoms with E-state index in [4.69, 9.17) is 19.5 Å². The van der Waals surface area contributed by atoms with Gasteiger partial charge in [-0.15, -0.1) is 5.10 Å². The summed E-state index contributed by atoms with van der Waals surface area (Å²) in [7, 11) is 0. The minimum atomic E-state index is 0.305. The van der Waals surface area contributed by atoms with Crippen LogP contribution in [-0.4, -0.2) is 56.7 Å². The number of hydrogen-bond acceptors (Lipinski definition) is 7. The SMILES string of the molecule is CCCC(C)Nc1ncc(CN2CCN(c3ccccc3)CC2)c2nc(-c3ccco3)nn12. The van der Waals surface area contributed by atoms with Crippen LogP contribution in [0.1, 0.15) is 32.3 Å². The standard InChI is InChI=1S/C25H31N7O/c1-3-8-19(2)27-25-26-17-20(24-28-23(29-32(24)25)22-11-7-16-33-22)18-30-12-14-31(15-13-30)21-9-5-4-6-10-21/h4-7,9-11,16-17,19H,3,8,12-15,18H2,1-2H3,(H,26,27). The highest BCUT2D eigenvalue weighted by Gasteiger charge is 2.21. The third-order valence-corrected chi connectivity index (χ3v) is 6.16. The molecule has 5 rings (SSSR count). The molecular weight excluding hydrogens is 414 g/mol. The minimum absolute atomic E-state index is 0.305. The summed E-state index contributed by atoms with van der Waals surface area (Å²) in [6.07, 6.45) is 5.77. The molecule has 8 nitrogen and oxygen atoms in total. The van der Waals surface area contributed by atoms with Gasteiger partial charge in [-0.05, 0) is 37.6 Å². The van der Waals surface area contributed by atoms with E-state index in [1.807, 2.05) is 22.8 Å². The van der Waals surface area contributed by atoms with Gasteiger partial charge in [0.1, 0.15) is 0 Å². The van der Waals surface area contributed by atoms with Crippen molar-refractivity contribution in [2.45, 2.75) is 39.3 Å². The van der Waals surface area contributed by atoms with E-state index >= 15 is 0 Å². The van der Waals surface area contributed by atoms with E-state index in [0.717, 1.165) is 56.8 Å². The lowest BCUT2D eigenvalue weighted by molar-refractivity contribution is 0.250. The number of benzene rings is 1. The van der Waals surface area contributed by atoms with Gasteiger partial charge in [0.2, 0.25) is 11.8 Å². The van der Waals surface area contributed by atoms with Crippen LogP contribution in [0.25, 0.3) is 17.2 Å². The molecule has 3 aromatic heterocycles. The molecule has 0 bridgehead atoms. The number of aromatic nitrogens is 4. The van der Waals surface area contributed by atoms with Gasteiger partial charge in [0, 0.05) is 56.2 Å². The quantitative estimate of drug-likeness (QED) is 0.433. The maximum atomic E-state index is 5.56. The van der Waals surface area contributed by atoms with Gasteiger partial charge in [-0.2, -0.15) is 4.52 Å². The van der Waals surface area contributed by atoms with Crippen LogP contribution in [0.2, 0.25) is 0 Å². The van der Waals surface area contributed by atoms with Crippen molar-refractivity contribution in [2.75, 3.05) is 36.4 Å². The number of nitrogens with zero attached hydrogens (tertiary/aromatic N) is 6. The van der Waals surface area contributed by atoms with Crippen molar-refractivity contribution in [2.24, 2.45) is 0 Å². The molecule has 8 heteroatoms. The lowest BCUT2D eigenvalue weighted by atomic mass is 10.2. The van der Waals surface area contributed by atoms with Crippen LogP contribution in [0.4, 0.5) is 11.6 Å². The van der Waals surface area contributed by atoms with Gasteiger partial charge in [0.05, 0.1) is 6.26 Å². The molecular formula is C25H31N7O. The number of para-hydroxylation sites is 1. The maximum Gasteiger partial charge on any atom is 0.226 e. The molecule has 1 unspecified atom stereocenters. The van der Waals surface area contributed by atoms with Crippen molar-refractivity contribution >= 4 is 17.3 Å². The Labute approximate surface area is 194 Å². The normalized spacial score (nSPS) is 15.8. The molecule has 0 aliphatic carbocycles. The second-order valence-corrected chi connectivity index (χ2v) is 8.69. The fourth-order valence-corrected chi connectivity index (χ4v) is 4.41. The van der Waals surface area contributed by atoms with Gasteiger partial charge < -0.3 is 14.6 Å². The first-order chi connectivity index (χ1) is 16.2. The molecule has 1 fully saturated rings. The van der Waals surface area contributed by atoms with Crippen molar-refractivity contribution in [3.8, 4) is 11.6 Å². The zero-order valence-corrected chi connectivity index (χ0v) is 19.3. The first-order valence-corrected chi connectivity index (χ1v) is 11.8. The van der Waals surface area contributed by atoms with Crippen molar-refractivity contribution in [3.63, 3.8) is 0 Å². The molecule has 0 saturated carbocycles. The summed E-state index contributed by atoms with van der Waals surface area (Å²) in [5.41, 5.74) is 3.19. The van der Waals surface area contributed by atoms with E-state index in [1.54, 1.807) is 6.26 Å². The molecule has 1 aliphatic heterocycles. The monoisotopic (exact) mass is 445 g/mol. The summed E-state index contributed by atoms with van der Waals surface area (Å²) in [6, 6.07) is 14.7. The van der Waals surface area contributed by atoms with E-state index < -0.39 is 0 Å². The summed E-state index contributed by atoms with van der Waals surface area (Å²) in [5, 5.41) is 8.23. The smallest absolute Gasteiger partial charge is 0.226 e. The molecule has 0 radical (unpaired) electrons. The zero-order valence-electron chi connectivity index (χ0n) is 19.3. The van der Waals surface area contributed by atoms with Crippen LogP contribution in [0.15, 0.2) is 59.3 Å². The first kappa shape index (κ1) is 21.5.